The topological polar surface area (TPSA) is 99.4 Å². The lowest BCUT2D eigenvalue weighted by Gasteiger charge is -2.39. The van der Waals surface area contributed by atoms with Crippen molar-refractivity contribution in [3.05, 3.63) is 29.3 Å². The molecule has 0 radical (unpaired) electrons. The Labute approximate surface area is 117 Å². The van der Waals surface area contributed by atoms with Gasteiger partial charge in [-0.05, 0) is 31.0 Å². The molecule has 4 N–H and O–H groups in total. The van der Waals surface area contributed by atoms with Crippen LogP contribution in [-0.2, 0) is 4.74 Å². The molecule has 112 valence electrons. The van der Waals surface area contributed by atoms with Gasteiger partial charge in [0.05, 0.1) is 6.61 Å². The van der Waals surface area contributed by atoms with Crippen LogP contribution < -0.4 is 4.74 Å². The summed E-state index contributed by atoms with van der Waals surface area (Å²) in [5, 5.41) is 38.4. The third-order valence-corrected chi connectivity index (χ3v) is 3.65. The number of aliphatic hydroxyl groups is 4. The van der Waals surface area contributed by atoms with Crippen LogP contribution in [-0.4, -0.2) is 57.7 Å². The maximum absolute atomic E-state index is 9.90. The van der Waals surface area contributed by atoms with Crippen LogP contribution in [0.1, 0.15) is 11.1 Å². The lowest BCUT2D eigenvalue weighted by Crippen LogP contribution is -2.60. The molecule has 1 heterocycles. The highest BCUT2D eigenvalue weighted by Gasteiger charge is 2.44. The van der Waals surface area contributed by atoms with E-state index in [1.807, 2.05) is 26.0 Å². The van der Waals surface area contributed by atoms with E-state index in [-0.39, 0.29) is 0 Å². The van der Waals surface area contributed by atoms with E-state index in [0.29, 0.717) is 5.75 Å². The highest BCUT2D eigenvalue weighted by atomic mass is 16.7. The molecular weight excluding hydrogens is 264 g/mol. The molecule has 0 bridgehead atoms. The number of ether oxygens (including phenoxy) is 2. The highest BCUT2D eigenvalue weighted by Crippen LogP contribution is 2.27. The molecule has 1 fully saturated rings. The number of aryl methyl sites for hydroxylation is 1. The zero-order valence-electron chi connectivity index (χ0n) is 11.4. The fourth-order valence-corrected chi connectivity index (χ4v) is 2.14. The third kappa shape index (κ3) is 2.79. The van der Waals surface area contributed by atoms with Gasteiger partial charge in [-0.15, -0.1) is 0 Å². The maximum Gasteiger partial charge on any atom is 0.229 e. The summed E-state index contributed by atoms with van der Waals surface area (Å²) in [5.41, 5.74) is 1.91. The van der Waals surface area contributed by atoms with Crippen LogP contribution in [0.25, 0.3) is 0 Å². The molecule has 2 rings (SSSR count). The van der Waals surface area contributed by atoms with Crippen LogP contribution in [0.2, 0.25) is 0 Å². The molecule has 1 aliphatic rings. The standard InChI is InChI=1S/C14H20O6/c1-7-4-3-5-9(8(7)2)19-14-13(18)12(17)11(16)10(6-15)20-14/h3-5,10-18H,6H2,1-2H3/t10-,11-,12+,13-,14-/m0/s1. The number of hydrogen-bond donors (Lipinski definition) is 4. The van der Waals surface area contributed by atoms with Crippen LogP contribution in [0.4, 0.5) is 0 Å². The summed E-state index contributed by atoms with van der Waals surface area (Å²) >= 11 is 0. The van der Waals surface area contributed by atoms with Gasteiger partial charge in [-0.1, -0.05) is 12.1 Å². The van der Waals surface area contributed by atoms with Crippen LogP contribution >= 0.6 is 0 Å². The SMILES string of the molecule is Cc1cccc(O[C@H]2O[C@@H](CO)[C@H](O)[C@@H](O)[C@@H]2O)c1C. The maximum atomic E-state index is 9.90. The van der Waals surface area contributed by atoms with E-state index in [0.717, 1.165) is 11.1 Å². The lowest BCUT2D eigenvalue weighted by molar-refractivity contribution is -0.277. The molecule has 5 atom stereocenters. The van der Waals surface area contributed by atoms with Gasteiger partial charge in [0, 0.05) is 0 Å². The van der Waals surface area contributed by atoms with Gasteiger partial charge in [-0.3, -0.25) is 0 Å². The van der Waals surface area contributed by atoms with E-state index >= 15 is 0 Å². The molecule has 6 nitrogen and oxygen atoms in total. The largest absolute Gasteiger partial charge is 0.462 e. The minimum absolute atomic E-state index is 0.475. The van der Waals surface area contributed by atoms with Crippen LogP contribution in [0, 0.1) is 13.8 Å². The second-order valence-electron chi connectivity index (χ2n) is 5.01. The van der Waals surface area contributed by atoms with E-state index in [1.165, 1.54) is 0 Å². The van der Waals surface area contributed by atoms with E-state index < -0.39 is 37.3 Å². The van der Waals surface area contributed by atoms with Crippen molar-refractivity contribution in [3.8, 4) is 5.75 Å². The Morgan fingerprint density at radius 2 is 1.80 bits per heavy atom. The molecule has 0 saturated carbocycles. The first-order valence-corrected chi connectivity index (χ1v) is 6.49. The summed E-state index contributed by atoms with van der Waals surface area (Å²) in [7, 11) is 0. The quantitative estimate of drug-likeness (QED) is 0.596. The van der Waals surface area contributed by atoms with Crippen LogP contribution in [0.15, 0.2) is 18.2 Å². The average molecular weight is 284 g/mol. The molecule has 0 spiro atoms. The normalized spacial score (nSPS) is 34.0. The first kappa shape index (κ1) is 15.2. The van der Waals surface area contributed by atoms with Crippen molar-refractivity contribution < 1.29 is 29.9 Å². The van der Waals surface area contributed by atoms with Gasteiger partial charge in [-0.2, -0.15) is 0 Å². The van der Waals surface area contributed by atoms with Crippen molar-refractivity contribution in [1.82, 2.24) is 0 Å². The molecule has 0 aliphatic carbocycles. The van der Waals surface area contributed by atoms with Crippen LogP contribution in [0.3, 0.4) is 0 Å². The predicted octanol–water partition coefficient (Wildman–Crippen LogP) is -0.518. The zero-order valence-corrected chi connectivity index (χ0v) is 11.4. The van der Waals surface area contributed by atoms with E-state index in [9.17, 15) is 15.3 Å². The summed E-state index contributed by atoms with van der Waals surface area (Å²) in [6.45, 7) is 3.32. The minimum Gasteiger partial charge on any atom is -0.462 e. The summed E-state index contributed by atoms with van der Waals surface area (Å²) in [5.74, 6) is 0.523. The minimum atomic E-state index is -1.43. The summed E-state index contributed by atoms with van der Waals surface area (Å²) < 4.78 is 10.9. The fraction of sp³-hybridized carbons (Fsp3) is 0.571. The Morgan fingerprint density at radius 1 is 1.10 bits per heavy atom. The molecule has 0 aromatic heterocycles. The number of benzene rings is 1. The van der Waals surface area contributed by atoms with Crippen LogP contribution in [0.5, 0.6) is 5.75 Å². The Balaban J connectivity index is 2.17. The van der Waals surface area contributed by atoms with Gasteiger partial charge in [0.15, 0.2) is 0 Å². The van der Waals surface area contributed by atoms with Gasteiger partial charge in [-0.25, -0.2) is 0 Å². The Morgan fingerprint density at radius 3 is 2.45 bits per heavy atom. The van der Waals surface area contributed by atoms with Crippen molar-refractivity contribution >= 4 is 0 Å². The van der Waals surface area contributed by atoms with E-state index in [1.54, 1.807) is 6.07 Å². The lowest BCUT2D eigenvalue weighted by atomic mass is 9.99. The summed E-state index contributed by atoms with van der Waals surface area (Å²) in [4.78, 5) is 0. The first-order chi connectivity index (χ1) is 9.45. The average Bonchev–Trinajstić information content (AvgIpc) is 2.44. The summed E-state index contributed by atoms with van der Waals surface area (Å²) in [6, 6.07) is 5.46. The number of rotatable bonds is 3. The monoisotopic (exact) mass is 284 g/mol. The van der Waals surface area contributed by atoms with Gasteiger partial charge < -0.3 is 29.9 Å². The Bertz CT molecular complexity index is 461. The van der Waals surface area contributed by atoms with Gasteiger partial charge >= 0.3 is 0 Å². The second-order valence-corrected chi connectivity index (χ2v) is 5.01. The molecule has 1 aromatic carbocycles. The second kappa shape index (κ2) is 6.07. The summed E-state index contributed by atoms with van der Waals surface area (Å²) in [6.07, 6.45) is -6.33. The van der Waals surface area contributed by atoms with Gasteiger partial charge in [0.1, 0.15) is 30.2 Å². The first-order valence-electron chi connectivity index (χ1n) is 6.49. The molecule has 1 saturated heterocycles. The van der Waals surface area contributed by atoms with Crippen molar-refractivity contribution in [1.29, 1.82) is 0 Å². The highest BCUT2D eigenvalue weighted by molar-refractivity contribution is 5.38. The number of hydrogen-bond acceptors (Lipinski definition) is 6. The molecule has 1 aromatic rings. The molecule has 0 unspecified atom stereocenters. The smallest absolute Gasteiger partial charge is 0.229 e. The van der Waals surface area contributed by atoms with E-state index in [4.69, 9.17) is 14.6 Å². The molecule has 20 heavy (non-hydrogen) atoms. The van der Waals surface area contributed by atoms with Gasteiger partial charge in [0.25, 0.3) is 0 Å². The van der Waals surface area contributed by atoms with Crippen molar-refractivity contribution in [2.75, 3.05) is 6.61 Å². The zero-order chi connectivity index (χ0) is 14.9. The third-order valence-electron chi connectivity index (χ3n) is 3.65. The molecule has 0 amide bonds. The number of aliphatic hydroxyl groups excluding tert-OH is 4. The predicted molar refractivity (Wildman–Crippen MR) is 70.3 cm³/mol. The van der Waals surface area contributed by atoms with Gasteiger partial charge in [0.2, 0.25) is 6.29 Å². The molecule has 6 heteroatoms. The molecule has 1 aliphatic heterocycles. The van der Waals surface area contributed by atoms with Crippen molar-refractivity contribution in [2.24, 2.45) is 0 Å². The fourth-order valence-electron chi connectivity index (χ4n) is 2.14. The van der Waals surface area contributed by atoms with E-state index in [2.05, 4.69) is 0 Å². The molecular formula is C14H20O6. The van der Waals surface area contributed by atoms with Crippen molar-refractivity contribution in [3.63, 3.8) is 0 Å². The Hall–Kier alpha value is -1.18. The Kier molecular flexibility index (Phi) is 4.62. The van der Waals surface area contributed by atoms with Crippen molar-refractivity contribution in [2.45, 2.75) is 44.6 Å².